The molecule has 4 heteroatoms. The molecule has 0 saturated heterocycles. The van der Waals surface area contributed by atoms with Crippen molar-refractivity contribution in [2.45, 2.75) is 79.6 Å². The fourth-order valence-electron chi connectivity index (χ4n) is 4.69. The maximum atomic E-state index is 12.7. The lowest BCUT2D eigenvalue weighted by Crippen LogP contribution is -2.29. The van der Waals surface area contributed by atoms with Crippen molar-refractivity contribution in [1.29, 1.82) is 0 Å². The number of hydrogen-bond donors (Lipinski definition) is 0. The summed E-state index contributed by atoms with van der Waals surface area (Å²) in [6.45, 7) is 9.11. The number of aryl methyl sites for hydroxylation is 1. The van der Waals surface area contributed by atoms with Crippen molar-refractivity contribution in [2.24, 2.45) is 17.8 Å². The zero-order chi connectivity index (χ0) is 22.0. The van der Waals surface area contributed by atoms with Gasteiger partial charge in [-0.05, 0) is 63.0 Å². The van der Waals surface area contributed by atoms with Gasteiger partial charge in [-0.15, -0.1) is 0 Å². The standard InChI is InChI=1S/C23H32O3.C2H4O/c1-5-8-18(20(6-2)21(25)11-16(4)24)12-17-13-19-10-7-9-15(3)23(19)22(26)14-17;1-2-3/h7,9-10,17-18,20H,5-6,8,11-14H2,1-4H3;2H,1H3. The maximum Gasteiger partial charge on any atom is 0.163 e. The van der Waals surface area contributed by atoms with E-state index >= 15 is 0 Å². The fraction of sp³-hybridized carbons (Fsp3) is 0.600. The van der Waals surface area contributed by atoms with Gasteiger partial charge in [0.2, 0.25) is 0 Å². The molecule has 0 N–H and O–H groups in total. The van der Waals surface area contributed by atoms with Gasteiger partial charge in [-0.2, -0.15) is 0 Å². The second kappa shape index (κ2) is 12.5. The van der Waals surface area contributed by atoms with E-state index in [0.29, 0.717) is 12.3 Å². The molecule has 0 bridgehead atoms. The van der Waals surface area contributed by atoms with E-state index in [1.807, 2.05) is 26.0 Å². The lowest BCUT2D eigenvalue weighted by molar-refractivity contribution is -0.130. The van der Waals surface area contributed by atoms with Crippen molar-refractivity contribution in [3.05, 3.63) is 34.9 Å². The summed E-state index contributed by atoms with van der Waals surface area (Å²) in [5.41, 5.74) is 3.14. The minimum absolute atomic E-state index is 0.0460. The molecule has 0 heterocycles. The number of carbonyl (C=O) groups is 4. The lowest BCUT2D eigenvalue weighted by atomic mass is 9.72. The molecule has 0 amide bonds. The first-order chi connectivity index (χ1) is 13.8. The molecule has 0 fully saturated rings. The predicted molar refractivity (Wildman–Crippen MR) is 116 cm³/mol. The van der Waals surface area contributed by atoms with E-state index in [1.54, 1.807) is 0 Å². The van der Waals surface area contributed by atoms with Crippen LogP contribution in [0.4, 0.5) is 0 Å². The summed E-state index contributed by atoms with van der Waals surface area (Å²) in [5, 5.41) is 0. The molecule has 1 aliphatic rings. The van der Waals surface area contributed by atoms with Crippen molar-refractivity contribution in [3.8, 4) is 0 Å². The number of aldehydes is 1. The first-order valence-electron chi connectivity index (χ1n) is 10.8. The molecule has 2 rings (SSSR count). The zero-order valence-corrected chi connectivity index (χ0v) is 18.6. The zero-order valence-electron chi connectivity index (χ0n) is 18.6. The van der Waals surface area contributed by atoms with Crippen LogP contribution in [0, 0.1) is 24.7 Å². The Morgan fingerprint density at radius 1 is 1.21 bits per heavy atom. The lowest BCUT2D eigenvalue weighted by Gasteiger charge is -2.31. The SMILES string of the molecule is CC=O.CCCC(CC1CC(=O)c2c(C)cccc2C1)C(CC)C(=O)CC(C)=O. The molecular weight excluding hydrogens is 364 g/mol. The Hall–Kier alpha value is -2.10. The highest BCUT2D eigenvalue weighted by Gasteiger charge is 2.32. The molecule has 1 aliphatic carbocycles. The number of ketones is 3. The normalized spacial score (nSPS) is 17.4. The Kier molecular flexibility index (Phi) is 10.7. The van der Waals surface area contributed by atoms with Crippen molar-refractivity contribution in [1.82, 2.24) is 0 Å². The number of benzene rings is 1. The number of carbonyl (C=O) groups excluding carboxylic acids is 4. The van der Waals surface area contributed by atoms with Crippen LogP contribution < -0.4 is 0 Å². The number of Topliss-reactive ketones (excluding diaryl/α,β-unsaturated/α-hetero) is 3. The van der Waals surface area contributed by atoms with Gasteiger partial charge in [0.1, 0.15) is 17.9 Å². The van der Waals surface area contributed by atoms with Crippen molar-refractivity contribution in [3.63, 3.8) is 0 Å². The Labute approximate surface area is 175 Å². The summed E-state index contributed by atoms with van der Waals surface area (Å²) in [7, 11) is 0. The van der Waals surface area contributed by atoms with Gasteiger partial charge in [-0.3, -0.25) is 14.4 Å². The fourth-order valence-corrected chi connectivity index (χ4v) is 4.69. The predicted octanol–water partition coefficient (Wildman–Crippen LogP) is 5.33. The molecule has 3 unspecified atom stereocenters. The molecular formula is C25H36O4. The van der Waals surface area contributed by atoms with E-state index in [2.05, 4.69) is 13.0 Å². The smallest absolute Gasteiger partial charge is 0.163 e. The third-order valence-corrected chi connectivity index (χ3v) is 5.76. The van der Waals surface area contributed by atoms with Gasteiger partial charge < -0.3 is 4.79 Å². The molecule has 1 aromatic rings. The monoisotopic (exact) mass is 400 g/mol. The van der Waals surface area contributed by atoms with Crippen LogP contribution in [0.2, 0.25) is 0 Å². The van der Waals surface area contributed by atoms with E-state index in [-0.39, 0.29) is 35.6 Å². The van der Waals surface area contributed by atoms with E-state index in [9.17, 15) is 14.4 Å². The molecule has 160 valence electrons. The quantitative estimate of drug-likeness (QED) is 0.415. The number of rotatable bonds is 9. The van der Waals surface area contributed by atoms with E-state index in [1.165, 1.54) is 13.8 Å². The van der Waals surface area contributed by atoms with Crippen molar-refractivity contribution >= 4 is 23.6 Å². The Morgan fingerprint density at radius 3 is 2.41 bits per heavy atom. The molecule has 0 radical (unpaired) electrons. The molecule has 29 heavy (non-hydrogen) atoms. The largest absolute Gasteiger partial charge is 0.304 e. The summed E-state index contributed by atoms with van der Waals surface area (Å²) in [4.78, 5) is 45.4. The summed E-state index contributed by atoms with van der Waals surface area (Å²) in [6.07, 6.45) is 5.96. The first-order valence-corrected chi connectivity index (χ1v) is 10.8. The van der Waals surface area contributed by atoms with Gasteiger partial charge in [0.25, 0.3) is 0 Å². The number of hydrogen-bond acceptors (Lipinski definition) is 4. The summed E-state index contributed by atoms with van der Waals surface area (Å²) >= 11 is 0. The van der Waals surface area contributed by atoms with Gasteiger partial charge >= 0.3 is 0 Å². The second-order valence-electron chi connectivity index (χ2n) is 8.19. The minimum Gasteiger partial charge on any atom is -0.304 e. The highest BCUT2D eigenvalue weighted by Crippen LogP contribution is 2.36. The van der Waals surface area contributed by atoms with Crippen molar-refractivity contribution in [2.75, 3.05) is 0 Å². The van der Waals surface area contributed by atoms with Crippen LogP contribution in [0.1, 0.15) is 87.7 Å². The van der Waals surface area contributed by atoms with Gasteiger partial charge in [0.15, 0.2) is 5.78 Å². The molecule has 3 atom stereocenters. The average molecular weight is 401 g/mol. The summed E-state index contributed by atoms with van der Waals surface area (Å²) < 4.78 is 0. The summed E-state index contributed by atoms with van der Waals surface area (Å²) in [6, 6.07) is 6.10. The first kappa shape index (κ1) is 24.9. The molecule has 0 spiro atoms. The van der Waals surface area contributed by atoms with Gasteiger partial charge in [0.05, 0.1) is 6.42 Å². The molecule has 0 saturated carbocycles. The van der Waals surface area contributed by atoms with E-state index in [0.717, 1.165) is 55.1 Å². The third kappa shape index (κ3) is 7.34. The average Bonchev–Trinajstić information content (AvgIpc) is 2.62. The highest BCUT2D eigenvalue weighted by molar-refractivity contribution is 6.00. The Balaban J connectivity index is 0.00000132. The van der Waals surface area contributed by atoms with Crippen LogP contribution in [-0.2, 0) is 20.8 Å². The van der Waals surface area contributed by atoms with Crippen LogP contribution in [0.5, 0.6) is 0 Å². The van der Waals surface area contributed by atoms with Gasteiger partial charge in [0, 0.05) is 17.9 Å². The maximum absolute atomic E-state index is 12.7. The van der Waals surface area contributed by atoms with Crippen LogP contribution in [-0.4, -0.2) is 23.6 Å². The highest BCUT2D eigenvalue weighted by atomic mass is 16.1. The molecule has 1 aromatic carbocycles. The topological polar surface area (TPSA) is 68.3 Å². The number of fused-ring (bicyclic) bond motifs is 1. The Bertz CT molecular complexity index is 720. The van der Waals surface area contributed by atoms with E-state index in [4.69, 9.17) is 4.79 Å². The molecule has 0 aromatic heterocycles. The summed E-state index contributed by atoms with van der Waals surface area (Å²) in [5.74, 6) is 0.770. The molecule has 4 nitrogen and oxygen atoms in total. The minimum atomic E-state index is -0.0622. The van der Waals surface area contributed by atoms with Gasteiger partial charge in [-0.1, -0.05) is 44.9 Å². The Morgan fingerprint density at radius 2 is 1.86 bits per heavy atom. The molecule has 0 aliphatic heterocycles. The van der Waals surface area contributed by atoms with E-state index < -0.39 is 0 Å². The third-order valence-electron chi connectivity index (χ3n) is 5.76. The van der Waals surface area contributed by atoms with Gasteiger partial charge in [-0.25, -0.2) is 0 Å². The van der Waals surface area contributed by atoms with Crippen LogP contribution in [0.3, 0.4) is 0 Å². The second-order valence-corrected chi connectivity index (χ2v) is 8.19. The van der Waals surface area contributed by atoms with Crippen LogP contribution in [0.15, 0.2) is 18.2 Å². The van der Waals surface area contributed by atoms with Crippen LogP contribution >= 0.6 is 0 Å². The van der Waals surface area contributed by atoms with Crippen molar-refractivity contribution < 1.29 is 19.2 Å². The van der Waals surface area contributed by atoms with Crippen LogP contribution in [0.25, 0.3) is 0 Å².